The number of nitrogens with two attached hydrogens (primary N) is 1. The molecule has 10 heteroatoms. The van der Waals surface area contributed by atoms with Gasteiger partial charge in [-0.2, -0.15) is 13.2 Å². The number of alkyl halides is 3. The Bertz CT molecular complexity index is 1520. The Kier molecular flexibility index (Phi) is 6.35. The molecular weight excluding hydrogens is 479 g/mol. The molecule has 4 aromatic rings. The van der Waals surface area contributed by atoms with Crippen LogP contribution in [0.25, 0.3) is 33.6 Å². The van der Waals surface area contributed by atoms with Gasteiger partial charge in [-0.15, -0.1) is 0 Å². The van der Waals surface area contributed by atoms with Crippen LogP contribution in [-0.4, -0.2) is 25.5 Å². The van der Waals surface area contributed by atoms with E-state index in [9.17, 15) is 21.6 Å². The smallest absolute Gasteiger partial charge is 0.419 e. The fraction of sp³-hybridized carbons (Fsp3) is 0.120. The number of nitrogens with zero attached hydrogens (tertiary/aromatic N) is 2. The number of sulfonamides is 1. The lowest BCUT2D eigenvalue weighted by Gasteiger charge is -2.14. The van der Waals surface area contributed by atoms with E-state index in [2.05, 4.69) is 9.97 Å². The van der Waals surface area contributed by atoms with E-state index in [-0.39, 0.29) is 10.6 Å². The summed E-state index contributed by atoms with van der Waals surface area (Å²) in [6, 6.07) is 16.9. The number of aryl methyl sites for hydroxylation is 1. The van der Waals surface area contributed by atoms with Crippen molar-refractivity contribution >= 4 is 10.0 Å². The molecule has 0 aliphatic rings. The van der Waals surface area contributed by atoms with Crippen molar-refractivity contribution < 1.29 is 26.3 Å². The molecule has 2 aromatic heterocycles. The van der Waals surface area contributed by atoms with E-state index in [0.717, 1.165) is 6.07 Å². The minimum Gasteiger partial charge on any atom is -0.496 e. The van der Waals surface area contributed by atoms with Crippen LogP contribution < -0.4 is 9.88 Å². The topological polar surface area (TPSA) is 95.2 Å². The van der Waals surface area contributed by atoms with E-state index in [0.29, 0.717) is 39.3 Å². The molecule has 0 aliphatic heterocycles. The highest BCUT2D eigenvalue weighted by molar-refractivity contribution is 7.89. The van der Waals surface area contributed by atoms with Gasteiger partial charge in [0.25, 0.3) is 0 Å². The summed E-state index contributed by atoms with van der Waals surface area (Å²) >= 11 is 0. The number of aromatic nitrogens is 2. The molecular formula is C25H20F3N3O3S. The van der Waals surface area contributed by atoms with Crippen molar-refractivity contribution in [3.8, 4) is 39.4 Å². The molecule has 0 atom stereocenters. The van der Waals surface area contributed by atoms with Crippen molar-refractivity contribution in [1.29, 1.82) is 0 Å². The van der Waals surface area contributed by atoms with Crippen LogP contribution in [0, 0.1) is 6.92 Å². The number of hydrogen-bond donors (Lipinski definition) is 1. The third-order valence-electron chi connectivity index (χ3n) is 5.31. The van der Waals surface area contributed by atoms with E-state index < -0.39 is 21.8 Å². The van der Waals surface area contributed by atoms with Gasteiger partial charge in [-0.05, 0) is 66.6 Å². The summed E-state index contributed by atoms with van der Waals surface area (Å²) in [5.74, 6) is -0.271. The van der Waals surface area contributed by atoms with Crippen molar-refractivity contribution in [3.05, 3.63) is 84.2 Å². The second kappa shape index (κ2) is 9.12. The summed E-state index contributed by atoms with van der Waals surface area (Å²) in [6.45, 7) is 1.78. The Morgan fingerprint density at radius 2 is 1.57 bits per heavy atom. The maximum atomic E-state index is 13.3. The van der Waals surface area contributed by atoms with Gasteiger partial charge in [0.1, 0.15) is 5.75 Å². The lowest BCUT2D eigenvalue weighted by molar-refractivity contribution is -0.138. The molecule has 35 heavy (non-hydrogen) atoms. The Labute approximate surface area is 200 Å². The average Bonchev–Trinajstić information content (AvgIpc) is 2.82. The van der Waals surface area contributed by atoms with Crippen LogP contribution in [0.1, 0.15) is 11.3 Å². The summed E-state index contributed by atoms with van der Waals surface area (Å²) in [5.41, 5.74) is 3.34. The first kappa shape index (κ1) is 24.4. The minimum atomic E-state index is -4.53. The van der Waals surface area contributed by atoms with Crippen LogP contribution in [0.4, 0.5) is 13.2 Å². The predicted molar refractivity (Wildman–Crippen MR) is 126 cm³/mol. The average molecular weight is 500 g/mol. The highest BCUT2D eigenvalue weighted by Crippen LogP contribution is 2.39. The molecule has 2 heterocycles. The third-order valence-corrected chi connectivity index (χ3v) is 6.22. The van der Waals surface area contributed by atoms with E-state index in [1.807, 2.05) is 0 Å². The van der Waals surface area contributed by atoms with E-state index in [4.69, 9.17) is 9.88 Å². The first-order valence-electron chi connectivity index (χ1n) is 10.3. The Balaban J connectivity index is 1.77. The van der Waals surface area contributed by atoms with Crippen molar-refractivity contribution in [1.82, 2.24) is 9.97 Å². The predicted octanol–water partition coefficient (Wildman–Crippen LogP) is 5.46. The second-order valence-corrected chi connectivity index (χ2v) is 9.36. The summed E-state index contributed by atoms with van der Waals surface area (Å²) in [4.78, 5) is 8.86. The first-order chi connectivity index (χ1) is 16.5. The molecule has 6 nitrogen and oxygen atoms in total. The number of ether oxygens (including phenoxy) is 1. The van der Waals surface area contributed by atoms with E-state index in [1.54, 1.807) is 49.5 Å². The second-order valence-electron chi connectivity index (χ2n) is 7.80. The quantitative estimate of drug-likeness (QED) is 0.393. The number of pyridine rings is 2. The van der Waals surface area contributed by atoms with Crippen LogP contribution in [0.3, 0.4) is 0 Å². The summed E-state index contributed by atoms with van der Waals surface area (Å²) in [6.07, 6.45) is -2.96. The molecule has 0 bridgehead atoms. The Morgan fingerprint density at radius 1 is 0.857 bits per heavy atom. The van der Waals surface area contributed by atoms with Crippen molar-refractivity contribution in [2.75, 3.05) is 7.11 Å². The van der Waals surface area contributed by atoms with Gasteiger partial charge in [0.05, 0.1) is 29.0 Å². The fourth-order valence-electron chi connectivity index (χ4n) is 3.67. The monoisotopic (exact) mass is 499 g/mol. The Morgan fingerprint density at radius 3 is 2.26 bits per heavy atom. The molecule has 2 aromatic carbocycles. The van der Waals surface area contributed by atoms with Gasteiger partial charge in [0, 0.05) is 23.0 Å². The standard InChI is InChI=1S/C25H20F3N3O3S/c1-15-10-19(16-6-7-21(25(26,27)28)24(14-16)34-2)13-23(31-15)18-8-9-30-22(12-18)17-4-3-5-20(11-17)35(29,32)33/h3-14H,1-2H3,(H2,29,32,33). The van der Waals surface area contributed by atoms with Gasteiger partial charge in [0.15, 0.2) is 0 Å². The molecule has 0 amide bonds. The van der Waals surface area contributed by atoms with Crippen LogP contribution in [0.2, 0.25) is 0 Å². The number of halogens is 3. The molecule has 0 radical (unpaired) electrons. The van der Waals surface area contributed by atoms with Crippen molar-refractivity contribution in [3.63, 3.8) is 0 Å². The molecule has 0 unspecified atom stereocenters. The SMILES string of the molecule is COc1cc(-c2cc(C)nc(-c3ccnc(-c4cccc(S(N)(=O)=O)c4)c3)c2)ccc1C(F)(F)F. The molecule has 4 rings (SSSR count). The van der Waals surface area contributed by atoms with Crippen LogP contribution in [0.15, 0.2) is 77.8 Å². The maximum absolute atomic E-state index is 13.3. The minimum absolute atomic E-state index is 0.0329. The number of methoxy groups -OCH3 is 1. The van der Waals surface area contributed by atoms with Crippen LogP contribution in [0.5, 0.6) is 5.75 Å². The van der Waals surface area contributed by atoms with Crippen LogP contribution in [-0.2, 0) is 16.2 Å². The van der Waals surface area contributed by atoms with Gasteiger partial charge in [-0.25, -0.2) is 13.6 Å². The van der Waals surface area contributed by atoms with E-state index in [1.165, 1.54) is 31.4 Å². The normalized spacial score (nSPS) is 11.9. The van der Waals surface area contributed by atoms with E-state index >= 15 is 0 Å². The lowest BCUT2D eigenvalue weighted by Crippen LogP contribution is -2.11. The maximum Gasteiger partial charge on any atom is 0.419 e. The molecule has 0 aliphatic carbocycles. The van der Waals surface area contributed by atoms with Gasteiger partial charge in [-0.1, -0.05) is 18.2 Å². The molecule has 180 valence electrons. The zero-order valence-electron chi connectivity index (χ0n) is 18.7. The first-order valence-corrected chi connectivity index (χ1v) is 11.8. The van der Waals surface area contributed by atoms with Crippen molar-refractivity contribution in [2.45, 2.75) is 18.0 Å². The number of rotatable bonds is 5. The summed E-state index contributed by atoms with van der Waals surface area (Å²) in [7, 11) is -2.68. The highest BCUT2D eigenvalue weighted by atomic mass is 32.2. The molecule has 2 N–H and O–H groups in total. The zero-order chi connectivity index (χ0) is 25.4. The third kappa shape index (κ3) is 5.33. The number of primary sulfonamides is 1. The largest absolute Gasteiger partial charge is 0.496 e. The van der Waals surface area contributed by atoms with Gasteiger partial charge in [0.2, 0.25) is 10.0 Å². The molecule has 0 saturated carbocycles. The van der Waals surface area contributed by atoms with Gasteiger partial charge < -0.3 is 4.74 Å². The highest BCUT2D eigenvalue weighted by Gasteiger charge is 2.34. The Hall–Kier alpha value is -3.76. The molecule has 0 saturated heterocycles. The molecule has 0 spiro atoms. The van der Waals surface area contributed by atoms with Gasteiger partial charge in [-0.3, -0.25) is 9.97 Å². The lowest BCUT2D eigenvalue weighted by atomic mass is 10.00. The number of hydrogen-bond acceptors (Lipinski definition) is 5. The van der Waals surface area contributed by atoms with Crippen molar-refractivity contribution in [2.24, 2.45) is 5.14 Å². The fourth-order valence-corrected chi connectivity index (χ4v) is 4.23. The number of benzene rings is 2. The van der Waals surface area contributed by atoms with Gasteiger partial charge >= 0.3 is 6.18 Å². The van der Waals surface area contributed by atoms with Crippen LogP contribution >= 0.6 is 0 Å². The zero-order valence-corrected chi connectivity index (χ0v) is 19.5. The summed E-state index contributed by atoms with van der Waals surface area (Å²) in [5, 5.41) is 5.24. The summed E-state index contributed by atoms with van der Waals surface area (Å²) < 4.78 is 68.2. The molecule has 0 fully saturated rings.